The van der Waals surface area contributed by atoms with Crippen LogP contribution in [0.4, 0.5) is 0 Å². The summed E-state index contributed by atoms with van der Waals surface area (Å²) in [5, 5.41) is 0. The molecule has 4 heterocycles. The fraction of sp³-hybridized carbons (Fsp3) is 0.667. The highest BCUT2D eigenvalue weighted by Crippen LogP contribution is 2.56. The third kappa shape index (κ3) is 1.26. The Morgan fingerprint density at radius 1 is 1.50 bits per heavy atom. The zero-order valence-corrected chi connectivity index (χ0v) is 10.9. The third-order valence-corrected chi connectivity index (χ3v) is 5.26. The maximum absolute atomic E-state index is 6.30. The number of pyridine rings is 1. The molecule has 3 aliphatic heterocycles. The van der Waals surface area contributed by atoms with Gasteiger partial charge in [-0.3, -0.25) is 4.98 Å². The maximum Gasteiger partial charge on any atom is 0.141 e. The van der Waals surface area contributed by atoms with Gasteiger partial charge in [0.25, 0.3) is 0 Å². The van der Waals surface area contributed by atoms with Crippen LogP contribution in [0.5, 0.6) is 5.75 Å². The van der Waals surface area contributed by atoms with E-state index in [2.05, 4.69) is 22.9 Å². The highest BCUT2D eigenvalue weighted by Gasteiger charge is 2.56. The lowest BCUT2D eigenvalue weighted by atomic mass is 9.64. The fourth-order valence-corrected chi connectivity index (χ4v) is 4.46. The normalized spacial score (nSPS) is 40.8. The molecule has 1 aromatic rings. The van der Waals surface area contributed by atoms with E-state index in [1.165, 1.54) is 44.6 Å². The van der Waals surface area contributed by atoms with Crippen molar-refractivity contribution >= 4 is 0 Å². The summed E-state index contributed by atoms with van der Waals surface area (Å²) in [6.45, 7) is 5.97. The first kappa shape index (κ1) is 10.8. The lowest BCUT2D eigenvalue weighted by molar-refractivity contribution is -0.0249. The van der Waals surface area contributed by atoms with Gasteiger partial charge in [0.05, 0.1) is 5.69 Å². The van der Waals surface area contributed by atoms with E-state index in [-0.39, 0.29) is 0 Å². The molecule has 0 N–H and O–H groups in total. The highest BCUT2D eigenvalue weighted by molar-refractivity contribution is 5.36. The predicted octanol–water partition coefficient (Wildman–Crippen LogP) is 2.43. The van der Waals surface area contributed by atoms with Gasteiger partial charge in [0.15, 0.2) is 0 Å². The number of hydrogen-bond acceptors (Lipinski definition) is 3. The zero-order valence-electron chi connectivity index (χ0n) is 10.9. The van der Waals surface area contributed by atoms with Crippen LogP contribution in [0.1, 0.15) is 37.8 Å². The lowest BCUT2D eigenvalue weighted by Crippen LogP contribution is -2.53. The average molecular weight is 244 g/mol. The van der Waals surface area contributed by atoms with E-state index in [9.17, 15) is 0 Å². The monoisotopic (exact) mass is 244 g/mol. The fourth-order valence-electron chi connectivity index (χ4n) is 4.46. The Labute approximate surface area is 108 Å². The summed E-state index contributed by atoms with van der Waals surface area (Å²) in [5.74, 6) is 1.62. The van der Waals surface area contributed by atoms with Crippen molar-refractivity contribution in [2.75, 3.05) is 19.6 Å². The van der Waals surface area contributed by atoms with Gasteiger partial charge in [-0.05, 0) is 37.9 Å². The van der Waals surface area contributed by atoms with Crippen LogP contribution in [-0.2, 0) is 0 Å². The van der Waals surface area contributed by atoms with Crippen molar-refractivity contribution in [3.63, 3.8) is 0 Å². The van der Waals surface area contributed by atoms with Gasteiger partial charge in [0.2, 0.25) is 0 Å². The lowest BCUT2D eigenvalue weighted by Gasteiger charge is -2.49. The van der Waals surface area contributed by atoms with Gasteiger partial charge in [-0.25, -0.2) is 0 Å². The number of ether oxygens (including phenoxy) is 1. The minimum absolute atomic E-state index is 0.342. The molecule has 2 fully saturated rings. The van der Waals surface area contributed by atoms with Gasteiger partial charge in [0.1, 0.15) is 11.9 Å². The molecule has 0 amide bonds. The Kier molecular flexibility index (Phi) is 2.22. The second-order valence-electron chi connectivity index (χ2n) is 6.00. The summed E-state index contributed by atoms with van der Waals surface area (Å²) in [5.41, 5.74) is 1.55. The number of nitrogens with zero attached hydrogens (tertiary/aromatic N) is 2. The summed E-state index contributed by atoms with van der Waals surface area (Å²) in [7, 11) is 0. The summed E-state index contributed by atoms with van der Waals surface area (Å²) in [6.07, 6.45) is 5.98. The molecule has 0 aromatic carbocycles. The Morgan fingerprint density at radius 2 is 2.44 bits per heavy atom. The molecule has 0 aliphatic carbocycles. The van der Waals surface area contributed by atoms with Gasteiger partial charge >= 0.3 is 0 Å². The van der Waals surface area contributed by atoms with Crippen LogP contribution in [-0.4, -0.2) is 35.6 Å². The number of piperidine rings is 1. The Hall–Kier alpha value is -1.09. The quantitative estimate of drug-likeness (QED) is 0.758. The molecular formula is C15H20N2O. The molecule has 4 rings (SSSR count). The Balaban J connectivity index is 1.85. The molecule has 4 atom stereocenters. The van der Waals surface area contributed by atoms with Crippen molar-refractivity contribution in [1.29, 1.82) is 0 Å². The van der Waals surface area contributed by atoms with Gasteiger partial charge in [-0.15, -0.1) is 0 Å². The predicted molar refractivity (Wildman–Crippen MR) is 69.8 cm³/mol. The summed E-state index contributed by atoms with van der Waals surface area (Å²) >= 11 is 0. The number of rotatable bonds is 1. The van der Waals surface area contributed by atoms with Crippen LogP contribution in [0, 0.1) is 5.41 Å². The smallest absolute Gasteiger partial charge is 0.141 e. The summed E-state index contributed by atoms with van der Waals surface area (Å²) in [6, 6.07) is 4.09. The first-order valence-corrected chi connectivity index (χ1v) is 7.17. The second-order valence-corrected chi connectivity index (χ2v) is 6.00. The van der Waals surface area contributed by atoms with Crippen LogP contribution in [0.25, 0.3) is 0 Å². The molecule has 4 unspecified atom stereocenters. The van der Waals surface area contributed by atoms with E-state index < -0.39 is 0 Å². The van der Waals surface area contributed by atoms with Crippen LogP contribution in [0.2, 0.25) is 0 Å². The van der Waals surface area contributed by atoms with E-state index in [0.29, 0.717) is 17.4 Å². The average Bonchev–Trinajstić information content (AvgIpc) is 2.74. The Bertz CT molecular complexity index is 475. The minimum atomic E-state index is 0.342. The summed E-state index contributed by atoms with van der Waals surface area (Å²) in [4.78, 5) is 7.24. The highest BCUT2D eigenvalue weighted by atomic mass is 16.5. The maximum atomic E-state index is 6.30. The second kappa shape index (κ2) is 3.70. The number of aromatic nitrogens is 1. The van der Waals surface area contributed by atoms with E-state index in [1.54, 1.807) is 0 Å². The van der Waals surface area contributed by atoms with E-state index >= 15 is 0 Å². The molecule has 0 saturated carbocycles. The third-order valence-electron chi connectivity index (χ3n) is 5.26. The van der Waals surface area contributed by atoms with Crippen molar-refractivity contribution in [2.45, 2.75) is 38.2 Å². The van der Waals surface area contributed by atoms with Crippen molar-refractivity contribution in [3.05, 3.63) is 24.0 Å². The zero-order chi connectivity index (χ0) is 12.2. The molecule has 2 bridgehead atoms. The van der Waals surface area contributed by atoms with Gasteiger partial charge < -0.3 is 9.64 Å². The molecule has 1 spiro atoms. The molecular weight excluding hydrogens is 224 g/mol. The molecule has 3 nitrogen and oxygen atoms in total. The summed E-state index contributed by atoms with van der Waals surface area (Å²) < 4.78 is 6.30. The Morgan fingerprint density at radius 3 is 3.33 bits per heavy atom. The van der Waals surface area contributed by atoms with Gasteiger partial charge in [-0.1, -0.05) is 6.92 Å². The van der Waals surface area contributed by atoms with Gasteiger partial charge in [0, 0.05) is 30.6 Å². The molecule has 2 saturated heterocycles. The molecule has 3 heteroatoms. The van der Waals surface area contributed by atoms with Crippen LogP contribution in [0.3, 0.4) is 0 Å². The first-order chi connectivity index (χ1) is 8.83. The van der Waals surface area contributed by atoms with E-state index in [0.717, 1.165) is 5.75 Å². The SMILES string of the molecule is CCC1c2ncccc2OC2CCN3CCC21C3. The number of hydrogen-bond donors (Lipinski definition) is 0. The minimum Gasteiger partial charge on any atom is -0.488 e. The topological polar surface area (TPSA) is 25.4 Å². The van der Waals surface area contributed by atoms with Crippen LogP contribution >= 0.6 is 0 Å². The molecule has 1 aromatic heterocycles. The number of fused-ring (bicyclic) bond motifs is 2. The molecule has 96 valence electrons. The first-order valence-electron chi connectivity index (χ1n) is 7.17. The van der Waals surface area contributed by atoms with Crippen molar-refractivity contribution in [3.8, 4) is 5.75 Å². The van der Waals surface area contributed by atoms with Crippen molar-refractivity contribution in [1.82, 2.24) is 9.88 Å². The largest absolute Gasteiger partial charge is 0.488 e. The van der Waals surface area contributed by atoms with Crippen molar-refractivity contribution in [2.24, 2.45) is 5.41 Å². The van der Waals surface area contributed by atoms with Gasteiger partial charge in [-0.2, -0.15) is 0 Å². The standard InChI is InChI=1S/C15H20N2O/c1-2-11-14-12(4-3-7-16-14)18-13-5-8-17-9-6-15(11,13)10-17/h3-4,7,11,13H,2,5-6,8-10H2,1H3. The molecule has 3 aliphatic rings. The van der Waals surface area contributed by atoms with E-state index in [1.807, 2.05) is 12.3 Å². The van der Waals surface area contributed by atoms with Crippen molar-refractivity contribution < 1.29 is 4.74 Å². The molecule has 18 heavy (non-hydrogen) atoms. The van der Waals surface area contributed by atoms with E-state index in [4.69, 9.17) is 4.74 Å². The molecule has 0 radical (unpaired) electrons. The van der Waals surface area contributed by atoms with Crippen LogP contribution < -0.4 is 4.74 Å². The van der Waals surface area contributed by atoms with Crippen LogP contribution in [0.15, 0.2) is 18.3 Å².